The summed E-state index contributed by atoms with van der Waals surface area (Å²) >= 11 is 0. The average molecular weight is 348 g/mol. The molecule has 25 heavy (non-hydrogen) atoms. The maximum Gasteiger partial charge on any atom is 0.223 e. The molecule has 3 rings (SSSR count). The molecule has 0 radical (unpaired) electrons. The predicted octanol–water partition coefficient (Wildman–Crippen LogP) is 1.26. The molecule has 0 bridgehead atoms. The molecule has 1 aliphatic rings. The lowest BCUT2D eigenvalue weighted by molar-refractivity contribution is 0.102. The molecule has 2 aromatic rings. The largest absolute Gasteiger partial charge is 0.340 e. The van der Waals surface area contributed by atoms with Crippen molar-refractivity contribution in [3.63, 3.8) is 0 Å². The van der Waals surface area contributed by atoms with E-state index in [1.807, 2.05) is 11.6 Å². The van der Waals surface area contributed by atoms with Gasteiger partial charge in [0.05, 0.1) is 13.1 Å². The van der Waals surface area contributed by atoms with Crippen molar-refractivity contribution in [1.29, 1.82) is 0 Å². The summed E-state index contributed by atoms with van der Waals surface area (Å²) < 4.78 is 7.01. The summed E-state index contributed by atoms with van der Waals surface area (Å²) in [5.41, 5.74) is 0. The smallest absolute Gasteiger partial charge is 0.223 e. The number of piperidine rings is 1. The van der Waals surface area contributed by atoms with Crippen molar-refractivity contribution in [3.8, 4) is 0 Å². The van der Waals surface area contributed by atoms with Gasteiger partial charge in [-0.1, -0.05) is 18.5 Å². The molecular formula is C16H28N8O. The summed E-state index contributed by atoms with van der Waals surface area (Å²) in [5, 5.41) is 16.2. The Morgan fingerprint density at radius 1 is 1.36 bits per heavy atom. The first kappa shape index (κ1) is 17.9. The number of hydrogen-bond acceptors (Lipinski definition) is 8. The molecule has 0 aliphatic carbocycles. The van der Waals surface area contributed by atoms with Crippen LogP contribution in [0.15, 0.2) is 4.52 Å². The monoisotopic (exact) mass is 348 g/mol. The number of nitrogens with zero attached hydrogens (tertiary/aromatic N) is 8. The molecule has 9 heteroatoms. The second kappa shape index (κ2) is 8.48. The summed E-state index contributed by atoms with van der Waals surface area (Å²) in [6.45, 7) is 8.49. The number of aromatic nitrogens is 6. The fraction of sp³-hybridized carbons (Fsp3) is 0.812. The Balaban J connectivity index is 1.54. The summed E-state index contributed by atoms with van der Waals surface area (Å²) in [7, 11) is 2.16. The van der Waals surface area contributed by atoms with E-state index < -0.39 is 0 Å². The molecule has 2 aromatic heterocycles. The van der Waals surface area contributed by atoms with Crippen molar-refractivity contribution >= 4 is 0 Å². The van der Waals surface area contributed by atoms with Crippen LogP contribution in [-0.2, 0) is 19.6 Å². The van der Waals surface area contributed by atoms with Crippen LogP contribution in [0, 0.1) is 6.92 Å². The van der Waals surface area contributed by atoms with E-state index in [9.17, 15) is 0 Å². The lowest BCUT2D eigenvalue weighted by Crippen LogP contribution is -2.46. The third kappa shape index (κ3) is 4.82. The molecule has 0 saturated carbocycles. The van der Waals surface area contributed by atoms with Gasteiger partial charge in [-0.25, -0.2) is 4.68 Å². The quantitative estimate of drug-likeness (QED) is 0.704. The standard InChI is InChI=1S/C16H28N8O/c1-4-5-9-24-16(18-20-21-24)12-22(3)14-7-6-8-23(10-14)11-15-17-13(2)25-19-15/h14H,4-12H2,1-3H3/t14-/m1/s1. The molecule has 9 nitrogen and oxygen atoms in total. The number of tetrazole rings is 1. The van der Waals surface area contributed by atoms with Crippen molar-refractivity contribution in [2.24, 2.45) is 0 Å². The van der Waals surface area contributed by atoms with Gasteiger partial charge >= 0.3 is 0 Å². The molecule has 1 saturated heterocycles. The average Bonchev–Trinajstić information content (AvgIpc) is 3.22. The SMILES string of the molecule is CCCCn1nnnc1CN(C)[C@@H]1CCCN(Cc2noc(C)n2)C1. The highest BCUT2D eigenvalue weighted by atomic mass is 16.5. The zero-order valence-corrected chi connectivity index (χ0v) is 15.4. The van der Waals surface area contributed by atoms with E-state index in [0.29, 0.717) is 11.9 Å². The summed E-state index contributed by atoms with van der Waals surface area (Å²) in [4.78, 5) is 9.07. The van der Waals surface area contributed by atoms with E-state index >= 15 is 0 Å². The molecule has 0 unspecified atom stereocenters. The third-order valence-electron chi connectivity index (χ3n) is 4.76. The van der Waals surface area contributed by atoms with Gasteiger partial charge in [0.25, 0.3) is 0 Å². The Labute approximate surface area is 148 Å². The van der Waals surface area contributed by atoms with Crippen molar-refractivity contribution in [1.82, 2.24) is 40.1 Å². The first-order valence-electron chi connectivity index (χ1n) is 9.12. The predicted molar refractivity (Wildman–Crippen MR) is 91.5 cm³/mol. The minimum atomic E-state index is 0.484. The van der Waals surface area contributed by atoms with E-state index in [1.165, 1.54) is 12.8 Å². The van der Waals surface area contributed by atoms with E-state index in [4.69, 9.17) is 4.52 Å². The van der Waals surface area contributed by atoms with Gasteiger partial charge in [0.15, 0.2) is 11.6 Å². The Hall–Kier alpha value is -1.87. The summed E-state index contributed by atoms with van der Waals surface area (Å²) in [5.74, 6) is 2.34. The highest BCUT2D eigenvalue weighted by Crippen LogP contribution is 2.18. The molecule has 1 atom stereocenters. The number of likely N-dealkylation sites (tertiary alicyclic amines) is 1. The lowest BCUT2D eigenvalue weighted by atomic mass is 10.0. The first-order chi connectivity index (χ1) is 12.2. The zero-order chi connectivity index (χ0) is 17.6. The van der Waals surface area contributed by atoms with Gasteiger partial charge in [0, 0.05) is 26.1 Å². The van der Waals surface area contributed by atoms with Gasteiger partial charge in [-0.2, -0.15) is 4.98 Å². The van der Waals surface area contributed by atoms with Crippen LogP contribution >= 0.6 is 0 Å². The van der Waals surface area contributed by atoms with Crippen molar-refractivity contribution in [2.75, 3.05) is 20.1 Å². The van der Waals surface area contributed by atoms with Gasteiger partial charge in [0.1, 0.15) is 0 Å². The van der Waals surface area contributed by atoms with Crippen molar-refractivity contribution in [3.05, 3.63) is 17.5 Å². The number of unbranched alkanes of at least 4 members (excludes halogenated alkanes) is 1. The second-order valence-electron chi connectivity index (χ2n) is 6.85. The third-order valence-corrected chi connectivity index (χ3v) is 4.76. The van der Waals surface area contributed by atoms with E-state index in [2.05, 4.69) is 49.4 Å². The zero-order valence-electron chi connectivity index (χ0n) is 15.4. The van der Waals surface area contributed by atoms with Crippen molar-refractivity contribution < 1.29 is 4.52 Å². The van der Waals surface area contributed by atoms with Crippen LogP contribution in [0.3, 0.4) is 0 Å². The number of rotatable bonds is 8. The van der Waals surface area contributed by atoms with Crippen LogP contribution in [0.1, 0.15) is 50.1 Å². The summed E-state index contributed by atoms with van der Waals surface area (Å²) in [6.07, 6.45) is 4.60. The Bertz CT molecular complexity index is 654. The van der Waals surface area contributed by atoms with Crippen LogP contribution in [0.4, 0.5) is 0 Å². The van der Waals surface area contributed by atoms with E-state index in [1.54, 1.807) is 0 Å². The highest BCUT2D eigenvalue weighted by molar-refractivity contribution is 4.89. The lowest BCUT2D eigenvalue weighted by Gasteiger charge is -2.36. The molecule has 3 heterocycles. The highest BCUT2D eigenvalue weighted by Gasteiger charge is 2.25. The summed E-state index contributed by atoms with van der Waals surface area (Å²) in [6, 6.07) is 0.484. The number of aryl methyl sites for hydroxylation is 2. The second-order valence-corrected chi connectivity index (χ2v) is 6.85. The van der Waals surface area contributed by atoms with Gasteiger partial charge < -0.3 is 4.52 Å². The Kier molecular flexibility index (Phi) is 6.09. The van der Waals surface area contributed by atoms with E-state index in [0.717, 1.165) is 57.2 Å². The van der Waals surface area contributed by atoms with E-state index in [-0.39, 0.29) is 0 Å². The number of likely N-dealkylation sites (N-methyl/N-ethyl adjacent to an activating group) is 1. The van der Waals surface area contributed by atoms with Crippen LogP contribution in [0.25, 0.3) is 0 Å². The van der Waals surface area contributed by atoms with Crippen LogP contribution < -0.4 is 0 Å². The normalized spacial score (nSPS) is 19.0. The molecule has 1 aliphatic heterocycles. The molecular weight excluding hydrogens is 320 g/mol. The maximum absolute atomic E-state index is 5.07. The van der Waals surface area contributed by atoms with Gasteiger partial charge in [-0.05, 0) is 43.3 Å². The Morgan fingerprint density at radius 3 is 3.00 bits per heavy atom. The fourth-order valence-electron chi connectivity index (χ4n) is 3.31. The molecule has 0 amide bonds. The minimum Gasteiger partial charge on any atom is -0.340 e. The Morgan fingerprint density at radius 2 is 2.24 bits per heavy atom. The molecule has 0 N–H and O–H groups in total. The molecule has 0 spiro atoms. The van der Waals surface area contributed by atoms with Crippen LogP contribution in [0.2, 0.25) is 0 Å². The van der Waals surface area contributed by atoms with Gasteiger partial charge in [-0.15, -0.1) is 5.10 Å². The molecule has 0 aromatic carbocycles. The van der Waals surface area contributed by atoms with Crippen LogP contribution in [-0.4, -0.2) is 66.3 Å². The van der Waals surface area contributed by atoms with Crippen LogP contribution in [0.5, 0.6) is 0 Å². The fourth-order valence-corrected chi connectivity index (χ4v) is 3.31. The van der Waals surface area contributed by atoms with Crippen molar-refractivity contribution in [2.45, 2.75) is 65.2 Å². The van der Waals surface area contributed by atoms with Gasteiger partial charge in [-0.3, -0.25) is 9.80 Å². The minimum absolute atomic E-state index is 0.484. The molecule has 138 valence electrons. The first-order valence-corrected chi connectivity index (χ1v) is 9.12. The number of hydrogen-bond donors (Lipinski definition) is 0. The molecule has 1 fully saturated rings. The van der Waals surface area contributed by atoms with Gasteiger partial charge in [0.2, 0.25) is 5.89 Å². The topological polar surface area (TPSA) is 89.0 Å². The maximum atomic E-state index is 5.07.